The van der Waals surface area contributed by atoms with Gasteiger partial charge in [0.1, 0.15) is 0 Å². The summed E-state index contributed by atoms with van der Waals surface area (Å²) >= 11 is 0. The highest BCUT2D eigenvalue weighted by atomic mass is 28.2. The van der Waals surface area contributed by atoms with Gasteiger partial charge in [-0.1, -0.05) is 151 Å². The van der Waals surface area contributed by atoms with Gasteiger partial charge in [0.2, 0.25) is 0 Å². The van der Waals surface area contributed by atoms with E-state index < -0.39 is 9.52 Å². The zero-order valence-electron chi connectivity index (χ0n) is 31.4. The first kappa shape index (κ1) is 33.1. The van der Waals surface area contributed by atoms with Gasteiger partial charge in [0.05, 0.1) is 31.9 Å². The van der Waals surface area contributed by atoms with Gasteiger partial charge in [-0.2, -0.15) is 0 Å². The summed E-state index contributed by atoms with van der Waals surface area (Å²) in [5.41, 5.74) is 16.9. The summed E-state index contributed by atoms with van der Waals surface area (Å²) in [5, 5.41) is 4.15. The van der Waals surface area contributed by atoms with Crippen LogP contribution < -0.4 is 5.19 Å². The molecule has 268 valence electrons. The van der Waals surface area contributed by atoms with Crippen molar-refractivity contribution in [2.24, 2.45) is 0 Å². The van der Waals surface area contributed by atoms with Crippen LogP contribution in [0, 0.1) is 0 Å². The molecule has 3 heteroatoms. The average Bonchev–Trinajstić information content (AvgIpc) is 3.83. The molecule has 0 radical (unpaired) electrons. The number of aromatic nitrogens is 2. The summed E-state index contributed by atoms with van der Waals surface area (Å²) in [6, 6.07) is 45.7. The van der Waals surface area contributed by atoms with E-state index in [1.165, 1.54) is 66.4 Å². The quantitative estimate of drug-likeness (QED) is 0.156. The van der Waals surface area contributed by atoms with Crippen molar-refractivity contribution < 1.29 is 0 Å². The van der Waals surface area contributed by atoms with Gasteiger partial charge in [-0.25, -0.2) is 4.98 Å². The van der Waals surface area contributed by atoms with Crippen molar-refractivity contribution in [3.8, 4) is 39.2 Å². The van der Waals surface area contributed by atoms with Crippen molar-refractivity contribution >= 4 is 42.1 Å². The molecule has 3 heterocycles. The van der Waals surface area contributed by atoms with Crippen LogP contribution >= 0.6 is 0 Å². The first-order valence-electron chi connectivity index (χ1n) is 20.2. The Bertz CT molecular complexity index is 2890. The summed E-state index contributed by atoms with van der Waals surface area (Å²) in [6.45, 7) is 0. The van der Waals surface area contributed by atoms with Gasteiger partial charge in [0.25, 0.3) is 0 Å². The van der Waals surface area contributed by atoms with Crippen LogP contribution in [0.25, 0.3) is 66.6 Å². The van der Waals surface area contributed by atoms with E-state index in [0.717, 1.165) is 30.7 Å². The minimum absolute atomic E-state index is 0.344. The molecule has 0 fully saturated rings. The highest BCUT2D eigenvalue weighted by Crippen LogP contribution is 2.42. The van der Waals surface area contributed by atoms with Gasteiger partial charge in [0, 0.05) is 33.9 Å². The number of pyridine rings is 1. The van der Waals surface area contributed by atoms with Gasteiger partial charge < -0.3 is 4.57 Å². The molecule has 5 aromatic carbocycles. The van der Waals surface area contributed by atoms with Crippen LogP contribution in [0.2, 0.25) is 5.54 Å². The van der Waals surface area contributed by atoms with E-state index in [1.54, 1.807) is 10.8 Å². The molecule has 3 atom stereocenters. The van der Waals surface area contributed by atoms with Crippen molar-refractivity contribution in [1.29, 1.82) is 0 Å². The van der Waals surface area contributed by atoms with Gasteiger partial charge in [0.15, 0.2) is 0 Å². The van der Waals surface area contributed by atoms with E-state index in [0.29, 0.717) is 17.4 Å². The Balaban J connectivity index is 1.03. The Morgan fingerprint density at radius 2 is 1.39 bits per heavy atom. The zero-order valence-corrected chi connectivity index (χ0v) is 32.8. The number of para-hydroxylation sites is 1. The molecule has 0 saturated heterocycles. The first-order chi connectivity index (χ1) is 27.8. The predicted octanol–water partition coefficient (Wildman–Crippen LogP) is 12.3. The molecule has 7 aromatic rings. The topological polar surface area (TPSA) is 17.8 Å². The molecule has 0 amide bonds. The molecule has 0 spiro atoms. The van der Waals surface area contributed by atoms with Crippen molar-refractivity contribution in [1.82, 2.24) is 9.55 Å². The van der Waals surface area contributed by atoms with E-state index in [2.05, 4.69) is 193 Å². The second kappa shape index (κ2) is 13.8. The third-order valence-corrected chi connectivity index (χ3v) is 14.9. The van der Waals surface area contributed by atoms with Gasteiger partial charge in [-0.3, -0.25) is 0 Å². The number of fused-ring (bicyclic) bond motifs is 6. The monoisotopic (exact) mass is 734 g/mol. The number of nitrogens with zero attached hydrogens (tertiary/aromatic N) is 2. The summed E-state index contributed by atoms with van der Waals surface area (Å²) in [5.74, 6) is 0.887. The lowest BCUT2D eigenvalue weighted by molar-refractivity contribution is 0.849. The molecule has 56 heavy (non-hydrogen) atoms. The third kappa shape index (κ3) is 5.65. The molecule has 11 rings (SSSR count). The SMILES string of the molecule is C1=CCCC(c2cc(C3C=CC=CC3)cc(-c3ccccc3-c3ccc4c(c3)c3ccccc3n4-c3cccc(-c4cccc5c4[SiH2]C4C=CC=CC54)c3)n2)=C1. The molecule has 2 nitrogen and oxygen atoms in total. The lowest BCUT2D eigenvalue weighted by Gasteiger charge is -2.19. The Kier molecular flexibility index (Phi) is 8.14. The molecule has 0 saturated carbocycles. The summed E-state index contributed by atoms with van der Waals surface area (Å²) in [4.78, 5) is 5.39. The number of rotatable bonds is 6. The second-order valence-electron chi connectivity index (χ2n) is 15.7. The molecule has 4 aliphatic rings. The minimum Gasteiger partial charge on any atom is -0.309 e. The number of allylic oxidation sites excluding steroid dienone is 12. The fourth-order valence-electron chi connectivity index (χ4n) is 9.73. The molecular formula is C53H42N2Si. The van der Waals surface area contributed by atoms with Gasteiger partial charge >= 0.3 is 0 Å². The summed E-state index contributed by atoms with van der Waals surface area (Å²) in [7, 11) is -0.435. The Morgan fingerprint density at radius 3 is 2.30 bits per heavy atom. The highest BCUT2D eigenvalue weighted by molar-refractivity contribution is 6.60. The zero-order chi connectivity index (χ0) is 37.0. The fourth-order valence-corrected chi connectivity index (χ4v) is 12.3. The van der Waals surface area contributed by atoms with Gasteiger partial charge in [-0.05, 0) is 106 Å². The maximum atomic E-state index is 5.39. The third-order valence-electron chi connectivity index (χ3n) is 12.5. The van der Waals surface area contributed by atoms with Crippen LogP contribution in [0.15, 0.2) is 188 Å². The number of benzene rings is 5. The molecule has 3 unspecified atom stereocenters. The predicted molar refractivity (Wildman–Crippen MR) is 240 cm³/mol. The van der Waals surface area contributed by atoms with Crippen LogP contribution in [0.4, 0.5) is 0 Å². The molecule has 3 aliphatic carbocycles. The highest BCUT2D eigenvalue weighted by Gasteiger charge is 2.32. The standard InChI is InChI=1S/C53H42N2Si/c1-3-15-35(16-4-1)39-33-48(36-17-5-2-6-18-36)54-49(34-39)43-22-8-7-21-41(43)38-29-30-51-47(32-38)44-23-9-11-27-50(44)55(51)40-20-13-19-37(31-40)42-25-14-26-46-45-24-10-12-28-52(45)56-53(42)46/h1-5,7-15,17,19-35,45,52H,6,16,18,56H2. The Morgan fingerprint density at radius 1 is 0.589 bits per heavy atom. The summed E-state index contributed by atoms with van der Waals surface area (Å²) in [6.07, 6.45) is 28.1. The van der Waals surface area contributed by atoms with E-state index in [4.69, 9.17) is 4.98 Å². The second-order valence-corrected chi connectivity index (χ2v) is 17.8. The van der Waals surface area contributed by atoms with Crippen LogP contribution in [0.3, 0.4) is 0 Å². The van der Waals surface area contributed by atoms with Crippen molar-refractivity contribution in [2.45, 2.75) is 36.6 Å². The lowest BCUT2D eigenvalue weighted by Crippen LogP contribution is -2.16. The van der Waals surface area contributed by atoms with Gasteiger partial charge in [-0.15, -0.1) is 0 Å². The van der Waals surface area contributed by atoms with Crippen molar-refractivity contribution in [3.63, 3.8) is 0 Å². The molecule has 0 N–H and O–H groups in total. The lowest BCUT2D eigenvalue weighted by atomic mass is 9.88. The average molecular weight is 735 g/mol. The van der Waals surface area contributed by atoms with E-state index in [-0.39, 0.29) is 0 Å². The largest absolute Gasteiger partial charge is 0.309 e. The number of hydrogen-bond acceptors (Lipinski definition) is 1. The van der Waals surface area contributed by atoms with Crippen LogP contribution in [0.1, 0.15) is 47.9 Å². The van der Waals surface area contributed by atoms with Crippen LogP contribution in [0.5, 0.6) is 0 Å². The minimum atomic E-state index is -0.435. The van der Waals surface area contributed by atoms with Crippen LogP contribution in [-0.4, -0.2) is 19.1 Å². The molecular weight excluding hydrogens is 693 g/mol. The smallest absolute Gasteiger partial charge is 0.0718 e. The molecule has 1 aliphatic heterocycles. The van der Waals surface area contributed by atoms with Crippen molar-refractivity contribution in [3.05, 3.63) is 205 Å². The Labute approximate surface area is 331 Å². The normalized spacial score (nSPS) is 19.9. The molecule has 0 bridgehead atoms. The van der Waals surface area contributed by atoms with Crippen molar-refractivity contribution in [2.75, 3.05) is 0 Å². The first-order valence-corrected chi connectivity index (χ1v) is 21.7. The molecule has 2 aromatic heterocycles. The van der Waals surface area contributed by atoms with Crippen LogP contribution in [-0.2, 0) is 0 Å². The maximum absolute atomic E-state index is 5.39. The van der Waals surface area contributed by atoms with E-state index in [1.807, 2.05) is 0 Å². The fraction of sp³-hybridized carbons (Fsp3) is 0.113. The Hall–Kier alpha value is -6.29. The van der Waals surface area contributed by atoms with E-state index in [9.17, 15) is 0 Å². The van der Waals surface area contributed by atoms with E-state index >= 15 is 0 Å². The summed E-state index contributed by atoms with van der Waals surface area (Å²) < 4.78 is 2.46. The number of hydrogen-bond donors (Lipinski definition) is 0. The maximum Gasteiger partial charge on any atom is 0.0718 e.